The maximum Gasteiger partial charge on any atom is 0.336 e. The first kappa shape index (κ1) is 13.6. The molecule has 0 aliphatic carbocycles. The van der Waals surface area contributed by atoms with Crippen molar-refractivity contribution in [1.29, 1.82) is 0 Å². The zero-order chi connectivity index (χ0) is 13.8. The summed E-state index contributed by atoms with van der Waals surface area (Å²) in [5, 5.41) is 28.3. The Hall–Kier alpha value is -1.86. The lowest BCUT2D eigenvalue weighted by atomic mass is 10.2. The highest BCUT2D eigenvalue weighted by Crippen LogP contribution is 2.33. The lowest BCUT2D eigenvalue weighted by Crippen LogP contribution is -2.99. The van der Waals surface area contributed by atoms with E-state index in [0.29, 0.717) is 9.79 Å². The zero-order valence-electron chi connectivity index (χ0n) is 9.74. The highest BCUT2D eigenvalue weighted by molar-refractivity contribution is 7.99. The molecule has 1 unspecified atom stereocenters. The molecule has 0 spiro atoms. The van der Waals surface area contributed by atoms with Gasteiger partial charge in [-0.05, 0) is 18.2 Å². The van der Waals surface area contributed by atoms with E-state index in [1.165, 1.54) is 12.1 Å². The Balaban J connectivity index is 2.39. The number of hydrogen-bond donors (Lipinski definition) is 3. The normalized spacial score (nSPS) is 12.1. The first-order valence-corrected chi connectivity index (χ1v) is 6.23. The van der Waals surface area contributed by atoms with E-state index in [1.807, 2.05) is 0 Å². The van der Waals surface area contributed by atoms with Crippen molar-refractivity contribution in [3.05, 3.63) is 59.3 Å². The number of aromatic carboxylic acids is 1. The Bertz CT molecular complexity index is 601. The molecule has 3 N–H and O–H groups in total. The fraction of sp³-hybridized carbons (Fsp3) is 0. The minimum absolute atomic E-state index is 0.160. The highest BCUT2D eigenvalue weighted by atomic mass is 32.2. The van der Waals surface area contributed by atoms with Gasteiger partial charge in [0.15, 0.2) is 5.69 Å². The molecule has 0 aliphatic heterocycles. The minimum Gasteiger partial charge on any atom is -0.595 e. The van der Waals surface area contributed by atoms with Gasteiger partial charge in [0.25, 0.3) is 0 Å². The number of quaternary nitrogens is 1. The van der Waals surface area contributed by atoms with Crippen LogP contribution in [0.25, 0.3) is 0 Å². The van der Waals surface area contributed by atoms with Gasteiger partial charge < -0.3 is 10.3 Å². The fourth-order valence-corrected chi connectivity index (χ4v) is 2.64. The van der Waals surface area contributed by atoms with Gasteiger partial charge in [0.05, 0.1) is 10.5 Å². The van der Waals surface area contributed by atoms with Crippen LogP contribution in [0.3, 0.4) is 0 Å². The minimum atomic E-state index is -1.03. The Morgan fingerprint density at radius 1 is 1.05 bits per heavy atom. The van der Waals surface area contributed by atoms with Crippen molar-refractivity contribution in [2.24, 2.45) is 0 Å². The smallest absolute Gasteiger partial charge is 0.336 e. The summed E-state index contributed by atoms with van der Waals surface area (Å²) in [6.07, 6.45) is 0. The van der Waals surface area contributed by atoms with E-state index in [1.54, 1.807) is 36.4 Å². The summed E-state index contributed by atoms with van der Waals surface area (Å²) >= 11 is 1.14. The molecule has 19 heavy (non-hydrogen) atoms. The molecule has 1 atom stereocenters. The van der Waals surface area contributed by atoms with Crippen LogP contribution < -0.4 is 5.23 Å². The Labute approximate surface area is 113 Å². The molecule has 2 rings (SSSR count). The van der Waals surface area contributed by atoms with Crippen molar-refractivity contribution in [3.63, 3.8) is 0 Å². The molecule has 2 aromatic carbocycles. The monoisotopic (exact) mass is 277 g/mol. The number of nitrogens with one attached hydrogen (secondary N) is 1. The fourth-order valence-electron chi connectivity index (χ4n) is 1.58. The average Bonchev–Trinajstić information content (AvgIpc) is 2.39. The van der Waals surface area contributed by atoms with Gasteiger partial charge in [-0.3, -0.25) is 0 Å². The Kier molecular flexibility index (Phi) is 4.18. The van der Waals surface area contributed by atoms with Gasteiger partial charge >= 0.3 is 5.97 Å². The summed E-state index contributed by atoms with van der Waals surface area (Å²) in [6.45, 7) is 0. The molecule has 0 amide bonds. The van der Waals surface area contributed by atoms with Crippen molar-refractivity contribution >= 4 is 23.4 Å². The molecule has 0 saturated carbocycles. The molecular formula is C13H11NO4S. The standard InChI is InChI=1S/C13H11NO4S/c15-13(16)9-5-1-3-7-11(9)19-12-8-4-2-6-10(12)14(17)18/h1-8,14,17H,(H,15,16). The number of benzene rings is 2. The van der Waals surface area contributed by atoms with E-state index >= 15 is 0 Å². The molecule has 0 aliphatic rings. The third-order valence-corrected chi connectivity index (χ3v) is 3.61. The van der Waals surface area contributed by atoms with Crippen LogP contribution in [0, 0.1) is 5.21 Å². The first-order valence-electron chi connectivity index (χ1n) is 5.42. The van der Waals surface area contributed by atoms with E-state index in [2.05, 4.69) is 0 Å². The molecule has 0 heterocycles. The van der Waals surface area contributed by atoms with Crippen LogP contribution in [0.2, 0.25) is 0 Å². The van der Waals surface area contributed by atoms with Crippen molar-refractivity contribution < 1.29 is 20.3 Å². The van der Waals surface area contributed by atoms with Gasteiger partial charge in [-0.1, -0.05) is 36.0 Å². The molecular weight excluding hydrogens is 266 g/mol. The van der Waals surface area contributed by atoms with Crippen LogP contribution in [0.5, 0.6) is 0 Å². The molecule has 0 bridgehead atoms. The van der Waals surface area contributed by atoms with E-state index in [4.69, 9.17) is 10.3 Å². The van der Waals surface area contributed by atoms with Gasteiger partial charge in [-0.15, -0.1) is 0 Å². The Morgan fingerprint density at radius 2 is 1.63 bits per heavy atom. The Morgan fingerprint density at radius 3 is 2.26 bits per heavy atom. The van der Waals surface area contributed by atoms with E-state index in [9.17, 15) is 10.0 Å². The summed E-state index contributed by atoms with van der Waals surface area (Å²) in [5.74, 6) is -1.03. The third-order valence-electron chi connectivity index (χ3n) is 2.45. The zero-order valence-corrected chi connectivity index (χ0v) is 10.6. The van der Waals surface area contributed by atoms with Crippen LogP contribution in [-0.2, 0) is 0 Å². The van der Waals surface area contributed by atoms with Crippen molar-refractivity contribution in [3.8, 4) is 0 Å². The molecule has 0 aromatic heterocycles. The highest BCUT2D eigenvalue weighted by Gasteiger charge is 2.14. The number of hydrogen-bond acceptors (Lipinski definition) is 4. The van der Waals surface area contributed by atoms with E-state index in [-0.39, 0.29) is 11.3 Å². The van der Waals surface area contributed by atoms with Gasteiger partial charge in [0, 0.05) is 11.0 Å². The summed E-state index contributed by atoms with van der Waals surface area (Å²) in [7, 11) is 0. The van der Waals surface area contributed by atoms with Crippen molar-refractivity contribution in [2.45, 2.75) is 9.79 Å². The molecule has 0 fully saturated rings. The van der Waals surface area contributed by atoms with Crippen LogP contribution >= 0.6 is 11.8 Å². The van der Waals surface area contributed by atoms with Gasteiger partial charge in [0.2, 0.25) is 0 Å². The predicted octanol–water partition coefficient (Wildman–Crippen LogP) is 1.94. The molecule has 0 saturated heterocycles. The third kappa shape index (κ3) is 3.12. The number of para-hydroxylation sites is 1. The van der Waals surface area contributed by atoms with Crippen LogP contribution in [0.4, 0.5) is 5.69 Å². The summed E-state index contributed by atoms with van der Waals surface area (Å²) in [5.41, 5.74) is 0.320. The van der Waals surface area contributed by atoms with Crippen LogP contribution in [-0.4, -0.2) is 16.3 Å². The molecule has 5 nitrogen and oxygen atoms in total. The second-order valence-corrected chi connectivity index (χ2v) is 4.79. The number of rotatable bonds is 4. The average molecular weight is 277 g/mol. The largest absolute Gasteiger partial charge is 0.595 e. The van der Waals surface area contributed by atoms with E-state index in [0.717, 1.165) is 11.8 Å². The SMILES string of the molecule is O=C(O)c1ccccc1Sc1ccccc1[NH+]([O-])O. The number of carboxylic acid groups (broad SMARTS) is 1. The van der Waals surface area contributed by atoms with Crippen molar-refractivity contribution in [2.75, 3.05) is 0 Å². The summed E-state index contributed by atoms with van der Waals surface area (Å²) in [6, 6.07) is 13.0. The van der Waals surface area contributed by atoms with Gasteiger partial charge in [-0.25, -0.2) is 10.0 Å². The topological polar surface area (TPSA) is 85.0 Å². The van der Waals surface area contributed by atoms with E-state index < -0.39 is 11.2 Å². The van der Waals surface area contributed by atoms with Crippen LogP contribution in [0.15, 0.2) is 58.3 Å². The molecule has 0 radical (unpaired) electrons. The molecule has 6 heteroatoms. The number of carboxylic acids is 1. The summed E-state index contributed by atoms with van der Waals surface area (Å²) < 4.78 is 0. The second-order valence-electron chi connectivity index (χ2n) is 3.70. The van der Waals surface area contributed by atoms with Crippen molar-refractivity contribution in [1.82, 2.24) is 0 Å². The summed E-state index contributed by atoms with van der Waals surface area (Å²) in [4.78, 5) is 12.1. The van der Waals surface area contributed by atoms with Gasteiger partial charge in [0.1, 0.15) is 0 Å². The predicted molar refractivity (Wildman–Crippen MR) is 69.7 cm³/mol. The first-order chi connectivity index (χ1) is 9.09. The van der Waals surface area contributed by atoms with Gasteiger partial charge in [-0.2, -0.15) is 5.23 Å². The number of carbonyl (C=O) groups is 1. The second kappa shape index (κ2) is 5.85. The quantitative estimate of drug-likeness (QED) is 0.744. The molecule has 2 aromatic rings. The van der Waals surface area contributed by atoms with Crippen LogP contribution in [0.1, 0.15) is 10.4 Å². The molecule has 98 valence electrons. The maximum atomic E-state index is 11.1. The lowest BCUT2D eigenvalue weighted by Gasteiger charge is -2.15. The maximum absolute atomic E-state index is 11.1. The lowest BCUT2D eigenvalue weighted by molar-refractivity contribution is -0.992.